The van der Waals surface area contributed by atoms with Gasteiger partial charge in [-0.05, 0) is 0 Å². The minimum Gasteiger partial charge on any atom is -0.378 e. The molecule has 0 aromatic rings. The Hall–Kier alpha value is -1.28. The van der Waals surface area contributed by atoms with Crippen LogP contribution >= 0.6 is 0 Å². The van der Waals surface area contributed by atoms with Crippen LogP contribution in [-0.4, -0.2) is 24.4 Å². The fourth-order valence-electron chi connectivity index (χ4n) is 0.213. The van der Waals surface area contributed by atoms with Gasteiger partial charge in [-0.25, -0.2) is 0 Å². The summed E-state index contributed by atoms with van der Waals surface area (Å²) in [6, 6.07) is 0. The summed E-state index contributed by atoms with van der Waals surface area (Å²) in [5.41, 5.74) is 4.22. The smallest absolute Gasteiger partial charge is 0.378 e. The predicted octanol–water partition coefficient (Wildman–Crippen LogP) is 1.45. The van der Waals surface area contributed by atoms with Crippen molar-refractivity contribution < 1.29 is 26.3 Å². The van der Waals surface area contributed by atoms with Gasteiger partial charge in [-0.1, -0.05) is 0 Å². The van der Waals surface area contributed by atoms with Crippen LogP contribution in [0.15, 0.2) is 10.2 Å². The molecule has 0 aliphatic carbocycles. The fourth-order valence-corrected chi connectivity index (χ4v) is 0.213. The van der Waals surface area contributed by atoms with Crippen molar-refractivity contribution in [3.05, 3.63) is 0 Å². The molecule has 0 fully saturated rings. The second-order valence-corrected chi connectivity index (χ2v) is 1.77. The third-order valence-electron chi connectivity index (χ3n) is 0.660. The lowest BCUT2D eigenvalue weighted by Gasteiger charge is -2.01. The first-order chi connectivity index (χ1) is 5.63. The zero-order valence-corrected chi connectivity index (χ0v) is 5.82. The Kier molecular flexibility index (Phi) is 3.27. The second-order valence-electron chi connectivity index (χ2n) is 1.77. The lowest BCUT2D eigenvalue weighted by molar-refractivity contribution is -0.0607. The molecule has 0 aromatic carbocycles. The van der Waals surface area contributed by atoms with E-state index in [0.717, 1.165) is 0 Å². The van der Waals surface area contributed by atoms with E-state index in [0.29, 0.717) is 0 Å². The zero-order valence-electron chi connectivity index (χ0n) is 5.82. The number of hydrogen-bond donors (Lipinski definition) is 1. The highest BCUT2D eigenvalue weighted by molar-refractivity contribution is 5.86. The Morgan fingerprint density at radius 3 is 1.85 bits per heavy atom. The number of nitrogens with zero attached hydrogens (tertiary/aromatic N) is 2. The van der Waals surface area contributed by atoms with Crippen LogP contribution in [0.25, 0.3) is 0 Å². The first kappa shape index (κ1) is 11.7. The summed E-state index contributed by atoms with van der Waals surface area (Å²) in [7, 11) is 0. The topological polar surface area (TPSA) is 50.7 Å². The van der Waals surface area contributed by atoms with Crippen molar-refractivity contribution in [3.63, 3.8) is 0 Å². The summed E-state index contributed by atoms with van der Waals surface area (Å²) in [4.78, 5) is 0. The number of amidine groups is 1. The summed E-state index contributed by atoms with van der Waals surface area (Å²) in [6.45, 7) is 0. The molecule has 0 saturated carbocycles. The number of hydrogen-bond acceptors (Lipinski definition) is 2. The van der Waals surface area contributed by atoms with Gasteiger partial charge in [0.15, 0.2) is 0 Å². The van der Waals surface area contributed by atoms with Crippen molar-refractivity contribution in [1.29, 1.82) is 0 Å². The summed E-state index contributed by atoms with van der Waals surface area (Å²) in [5, 5.41) is 4.20. The van der Waals surface area contributed by atoms with E-state index in [2.05, 4.69) is 15.9 Å². The Labute approximate surface area is 67.9 Å². The van der Waals surface area contributed by atoms with Gasteiger partial charge >= 0.3 is 12.4 Å². The molecule has 2 N–H and O–H groups in total. The van der Waals surface area contributed by atoms with Gasteiger partial charge in [-0.3, -0.25) is 0 Å². The molecule has 0 atom stereocenters. The van der Waals surface area contributed by atoms with E-state index in [9.17, 15) is 26.3 Å². The van der Waals surface area contributed by atoms with E-state index in [1.54, 1.807) is 0 Å². The minimum atomic E-state index is -4.97. The van der Waals surface area contributed by atoms with Crippen molar-refractivity contribution >= 4 is 12.1 Å². The lowest BCUT2D eigenvalue weighted by atomic mass is 10.6. The summed E-state index contributed by atoms with van der Waals surface area (Å²) in [6.07, 6.45) is -10.5. The summed E-state index contributed by atoms with van der Waals surface area (Å²) in [5.74, 6) is -1.94. The zero-order chi connectivity index (χ0) is 10.7. The van der Waals surface area contributed by atoms with Crippen LogP contribution in [0.4, 0.5) is 26.3 Å². The monoisotopic (exact) mass is 207 g/mol. The van der Waals surface area contributed by atoms with Gasteiger partial charge in [0.25, 0.3) is 0 Å². The van der Waals surface area contributed by atoms with E-state index in [1.165, 1.54) is 0 Å². The van der Waals surface area contributed by atoms with Gasteiger partial charge < -0.3 is 5.73 Å². The van der Waals surface area contributed by atoms with Gasteiger partial charge in [-0.15, -0.1) is 5.10 Å². The third kappa shape index (κ3) is 5.93. The molecule has 3 nitrogen and oxygen atoms in total. The number of rotatable bonds is 1. The first-order valence-corrected chi connectivity index (χ1v) is 2.64. The van der Waals surface area contributed by atoms with E-state index in [4.69, 9.17) is 0 Å². The van der Waals surface area contributed by atoms with Crippen molar-refractivity contribution in [2.45, 2.75) is 12.4 Å². The molecule has 0 aliphatic rings. The molecule has 0 aromatic heterocycles. The standard InChI is InChI=1S/C4H3F6N3/c5-3(6,7)1-12-13-2(11)4(8,9)10/h1H,(H2,11,13)/b12-1+. The van der Waals surface area contributed by atoms with Crippen molar-refractivity contribution in [2.24, 2.45) is 15.9 Å². The van der Waals surface area contributed by atoms with E-state index in [1.807, 2.05) is 0 Å². The molecule has 0 bridgehead atoms. The minimum absolute atomic E-state index is 0.703. The maximum Gasteiger partial charge on any atom is 0.450 e. The largest absolute Gasteiger partial charge is 0.450 e. The Morgan fingerprint density at radius 1 is 1.08 bits per heavy atom. The molecule has 0 unspecified atom stereocenters. The van der Waals surface area contributed by atoms with Crippen LogP contribution in [0.1, 0.15) is 0 Å². The molecule has 0 heterocycles. The molecule has 0 spiro atoms. The average Bonchev–Trinajstić information content (AvgIpc) is 1.82. The average molecular weight is 207 g/mol. The molecule has 0 rings (SSSR count). The molecule has 0 radical (unpaired) electrons. The molecule has 9 heteroatoms. The molecule has 13 heavy (non-hydrogen) atoms. The van der Waals surface area contributed by atoms with Gasteiger partial charge in [0.1, 0.15) is 6.21 Å². The number of halogens is 6. The first-order valence-electron chi connectivity index (χ1n) is 2.64. The van der Waals surface area contributed by atoms with Gasteiger partial charge in [-0.2, -0.15) is 31.4 Å². The van der Waals surface area contributed by atoms with E-state index >= 15 is 0 Å². The highest BCUT2D eigenvalue weighted by atomic mass is 19.4. The Morgan fingerprint density at radius 2 is 1.54 bits per heavy atom. The van der Waals surface area contributed by atoms with Crippen LogP contribution < -0.4 is 5.73 Å². The summed E-state index contributed by atoms with van der Waals surface area (Å²) >= 11 is 0. The van der Waals surface area contributed by atoms with Crippen LogP contribution in [0.3, 0.4) is 0 Å². The molecule has 76 valence electrons. The van der Waals surface area contributed by atoms with Crippen LogP contribution in [0, 0.1) is 0 Å². The SMILES string of the molecule is N/C(=N\N=C\C(F)(F)F)C(F)(F)F. The third-order valence-corrected chi connectivity index (χ3v) is 0.660. The van der Waals surface area contributed by atoms with Crippen LogP contribution in [0.5, 0.6) is 0 Å². The molecule has 0 amide bonds. The maximum absolute atomic E-state index is 11.5. The molecular weight excluding hydrogens is 204 g/mol. The van der Waals surface area contributed by atoms with Crippen molar-refractivity contribution in [3.8, 4) is 0 Å². The second kappa shape index (κ2) is 3.62. The fraction of sp³-hybridized carbons (Fsp3) is 0.500. The van der Waals surface area contributed by atoms with Crippen molar-refractivity contribution in [1.82, 2.24) is 0 Å². The molecule has 0 saturated heterocycles. The maximum atomic E-state index is 11.5. The van der Waals surface area contributed by atoms with Gasteiger partial charge in [0.2, 0.25) is 5.84 Å². The molecule has 0 aliphatic heterocycles. The van der Waals surface area contributed by atoms with Gasteiger partial charge in [0.05, 0.1) is 0 Å². The highest BCUT2D eigenvalue weighted by Gasteiger charge is 2.34. The number of nitrogens with two attached hydrogens (primary N) is 1. The van der Waals surface area contributed by atoms with E-state index in [-0.39, 0.29) is 0 Å². The van der Waals surface area contributed by atoms with Crippen LogP contribution in [0.2, 0.25) is 0 Å². The Balaban J connectivity index is 4.37. The number of alkyl halides is 6. The highest BCUT2D eigenvalue weighted by Crippen LogP contribution is 2.15. The predicted molar refractivity (Wildman–Crippen MR) is 32.2 cm³/mol. The molecular formula is C4H3F6N3. The summed E-state index contributed by atoms with van der Waals surface area (Å²) < 4.78 is 68.2. The lowest BCUT2D eigenvalue weighted by Crippen LogP contribution is -2.30. The van der Waals surface area contributed by atoms with Gasteiger partial charge in [0, 0.05) is 0 Å². The normalized spacial score (nSPS) is 15.4. The Bertz CT molecular complexity index is 223. The van der Waals surface area contributed by atoms with E-state index < -0.39 is 24.4 Å². The van der Waals surface area contributed by atoms with Crippen molar-refractivity contribution in [2.75, 3.05) is 0 Å². The quantitative estimate of drug-likeness (QED) is 0.301. The van der Waals surface area contributed by atoms with Crippen LogP contribution in [-0.2, 0) is 0 Å².